The van der Waals surface area contributed by atoms with Crippen molar-refractivity contribution >= 4 is 10.8 Å². The molecule has 1 nitrogen and oxygen atoms in total. The lowest BCUT2D eigenvalue weighted by Gasteiger charge is -2.19. The molecule has 2 aromatic rings. The first-order valence-electron chi connectivity index (χ1n) is 6.44. The molecule has 0 aliphatic heterocycles. The average Bonchev–Trinajstić information content (AvgIpc) is 2.35. The normalized spacial score (nSPS) is 11.1. The molecule has 0 radical (unpaired) electrons. The van der Waals surface area contributed by atoms with E-state index in [4.69, 9.17) is 4.74 Å². The summed E-state index contributed by atoms with van der Waals surface area (Å²) in [7, 11) is 1.75. The highest BCUT2D eigenvalue weighted by molar-refractivity contribution is 5.97. The van der Waals surface area contributed by atoms with E-state index in [0.29, 0.717) is 0 Å². The molecule has 0 atom stereocenters. The van der Waals surface area contributed by atoms with E-state index in [0.717, 1.165) is 5.75 Å². The third-order valence-corrected chi connectivity index (χ3v) is 4.39. The van der Waals surface area contributed by atoms with Crippen LogP contribution >= 0.6 is 0 Å². The van der Waals surface area contributed by atoms with Crippen LogP contribution in [0.25, 0.3) is 10.8 Å². The Bertz CT molecular complexity index is 636. The van der Waals surface area contributed by atoms with Gasteiger partial charge in [0.25, 0.3) is 0 Å². The van der Waals surface area contributed by atoms with Gasteiger partial charge in [0.2, 0.25) is 0 Å². The zero-order valence-electron chi connectivity index (χ0n) is 12.5. The smallest absolute Gasteiger partial charge is 0.122 e. The van der Waals surface area contributed by atoms with Crippen molar-refractivity contribution in [3.05, 3.63) is 39.4 Å². The standard InChI is InChI=1S/C17H22O/c1-9-8-15(18-7)14(6)17-13(5)11(3)10(2)12(4)16(9)17/h8H,1-7H3. The Hall–Kier alpha value is -1.50. The summed E-state index contributed by atoms with van der Waals surface area (Å²) < 4.78 is 5.50. The number of ether oxygens (including phenoxy) is 1. The summed E-state index contributed by atoms with van der Waals surface area (Å²) in [5, 5.41) is 2.77. The van der Waals surface area contributed by atoms with E-state index in [1.165, 1.54) is 44.2 Å². The highest BCUT2D eigenvalue weighted by Gasteiger charge is 2.15. The van der Waals surface area contributed by atoms with Crippen molar-refractivity contribution in [3.63, 3.8) is 0 Å². The SMILES string of the molecule is COc1cc(C)c2c(C)c(C)c(C)c(C)c2c1C. The Morgan fingerprint density at radius 2 is 1.17 bits per heavy atom. The molecule has 0 unspecified atom stereocenters. The van der Waals surface area contributed by atoms with Crippen LogP contribution in [0, 0.1) is 41.5 Å². The quantitative estimate of drug-likeness (QED) is 0.704. The highest BCUT2D eigenvalue weighted by Crippen LogP contribution is 2.37. The predicted molar refractivity (Wildman–Crippen MR) is 78.9 cm³/mol. The van der Waals surface area contributed by atoms with Crippen LogP contribution in [0.15, 0.2) is 6.07 Å². The van der Waals surface area contributed by atoms with E-state index in [1.807, 2.05) is 0 Å². The van der Waals surface area contributed by atoms with Crippen LogP contribution in [0.5, 0.6) is 5.75 Å². The van der Waals surface area contributed by atoms with Crippen molar-refractivity contribution in [3.8, 4) is 5.75 Å². The zero-order valence-corrected chi connectivity index (χ0v) is 12.5. The minimum Gasteiger partial charge on any atom is -0.496 e. The molecule has 0 bridgehead atoms. The largest absolute Gasteiger partial charge is 0.496 e. The summed E-state index contributed by atoms with van der Waals surface area (Å²) in [6, 6.07) is 2.15. The maximum absolute atomic E-state index is 5.50. The lowest BCUT2D eigenvalue weighted by Crippen LogP contribution is -1.99. The fourth-order valence-electron chi connectivity index (χ4n) is 2.99. The molecule has 96 valence electrons. The number of hydrogen-bond acceptors (Lipinski definition) is 1. The third-order valence-electron chi connectivity index (χ3n) is 4.39. The first-order chi connectivity index (χ1) is 8.40. The van der Waals surface area contributed by atoms with Crippen LogP contribution in [0.4, 0.5) is 0 Å². The van der Waals surface area contributed by atoms with E-state index in [1.54, 1.807) is 7.11 Å². The molecule has 0 N–H and O–H groups in total. The fourth-order valence-corrected chi connectivity index (χ4v) is 2.99. The Morgan fingerprint density at radius 3 is 1.67 bits per heavy atom. The van der Waals surface area contributed by atoms with Crippen LogP contribution in [-0.2, 0) is 0 Å². The van der Waals surface area contributed by atoms with Crippen LogP contribution in [0.2, 0.25) is 0 Å². The predicted octanol–water partition coefficient (Wildman–Crippen LogP) is 4.70. The van der Waals surface area contributed by atoms with Gasteiger partial charge >= 0.3 is 0 Å². The molecular formula is C17H22O. The van der Waals surface area contributed by atoms with Gasteiger partial charge in [-0.05, 0) is 91.8 Å². The fraction of sp³-hybridized carbons (Fsp3) is 0.412. The number of benzene rings is 2. The Kier molecular flexibility index (Phi) is 3.10. The topological polar surface area (TPSA) is 9.23 Å². The highest BCUT2D eigenvalue weighted by atomic mass is 16.5. The summed E-state index contributed by atoms with van der Waals surface area (Å²) in [6.45, 7) is 13.2. The number of hydrogen-bond donors (Lipinski definition) is 0. The number of aryl methyl sites for hydroxylation is 4. The van der Waals surface area contributed by atoms with Gasteiger partial charge in [-0.1, -0.05) is 0 Å². The second-order valence-corrected chi connectivity index (χ2v) is 5.27. The van der Waals surface area contributed by atoms with Crippen molar-refractivity contribution in [1.82, 2.24) is 0 Å². The third kappa shape index (κ3) is 1.61. The van der Waals surface area contributed by atoms with Gasteiger partial charge in [-0.25, -0.2) is 0 Å². The lowest BCUT2D eigenvalue weighted by molar-refractivity contribution is 0.412. The van der Waals surface area contributed by atoms with Gasteiger partial charge in [0.05, 0.1) is 7.11 Å². The van der Waals surface area contributed by atoms with Crippen LogP contribution in [-0.4, -0.2) is 7.11 Å². The van der Waals surface area contributed by atoms with Crippen molar-refractivity contribution in [2.45, 2.75) is 41.5 Å². The first kappa shape index (κ1) is 12.9. The van der Waals surface area contributed by atoms with Gasteiger partial charge in [-0.3, -0.25) is 0 Å². The maximum Gasteiger partial charge on any atom is 0.122 e. The van der Waals surface area contributed by atoms with E-state index in [2.05, 4.69) is 47.6 Å². The Labute approximate surface area is 110 Å². The van der Waals surface area contributed by atoms with Gasteiger partial charge in [0.15, 0.2) is 0 Å². The summed E-state index contributed by atoms with van der Waals surface area (Å²) in [5.41, 5.74) is 8.14. The van der Waals surface area contributed by atoms with E-state index < -0.39 is 0 Å². The molecule has 0 aromatic heterocycles. The number of rotatable bonds is 1. The monoisotopic (exact) mass is 242 g/mol. The van der Waals surface area contributed by atoms with E-state index >= 15 is 0 Å². The van der Waals surface area contributed by atoms with Crippen LogP contribution < -0.4 is 4.74 Å². The summed E-state index contributed by atoms with van der Waals surface area (Å²) in [6.07, 6.45) is 0. The molecule has 2 rings (SSSR count). The molecule has 1 heteroatoms. The van der Waals surface area contributed by atoms with Crippen molar-refractivity contribution < 1.29 is 4.74 Å². The van der Waals surface area contributed by atoms with Crippen molar-refractivity contribution in [1.29, 1.82) is 0 Å². The Balaban J connectivity index is 3.11. The molecule has 0 fully saturated rings. The second-order valence-electron chi connectivity index (χ2n) is 5.27. The minimum absolute atomic E-state index is 0.991. The molecule has 18 heavy (non-hydrogen) atoms. The van der Waals surface area contributed by atoms with Gasteiger partial charge in [0.1, 0.15) is 5.75 Å². The van der Waals surface area contributed by atoms with Gasteiger partial charge in [-0.15, -0.1) is 0 Å². The Morgan fingerprint density at radius 1 is 0.667 bits per heavy atom. The van der Waals surface area contributed by atoms with E-state index in [9.17, 15) is 0 Å². The van der Waals surface area contributed by atoms with E-state index in [-0.39, 0.29) is 0 Å². The first-order valence-corrected chi connectivity index (χ1v) is 6.44. The molecule has 0 saturated heterocycles. The summed E-state index contributed by atoms with van der Waals surface area (Å²) in [5.74, 6) is 0.991. The molecular weight excluding hydrogens is 220 g/mol. The molecule has 0 spiro atoms. The van der Waals surface area contributed by atoms with Gasteiger partial charge < -0.3 is 4.74 Å². The van der Waals surface area contributed by atoms with Crippen LogP contribution in [0.1, 0.15) is 33.4 Å². The molecule has 2 aromatic carbocycles. The summed E-state index contributed by atoms with van der Waals surface area (Å²) in [4.78, 5) is 0. The number of fused-ring (bicyclic) bond motifs is 1. The molecule has 0 aliphatic carbocycles. The molecule has 0 heterocycles. The maximum atomic E-state index is 5.50. The second kappa shape index (κ2) is 4.31. The van der Waals surface area contributed by atoms with Gasteiger partial charge in [0, 0.05) is 0 Å². The number of methoxy groups -OCH3 is 1. The molecule has 0 amide bonds. The van der Waals surface area contributed by atoms with Gasteiger partial charge in [-0.2, -0.15) is 0 Å². The van der Waals surface area contributed by atoms with Crippen molar-refractivity contribution in [2.24, 2.45) is 0 Å². The minimum atomic E-state index is 0.991. The molecule has 0 aliphatic rings. The zero-order chi connectivity index (χ0) is 13.6. The molecule has 0 saturated carbocycles. The van der Waals surface area contributed by atoms with Crippen LogP contribution in [0.3, 0.4) is 0 Å². The summed E-state index contributed by atoms with van der Waals surface area (Å²) >= 11 is 0. The van der Waals surface area contributed by atoms with Crippen molar-refractivity contribution in [2.75, 3.05) is 7.11 Å². The lowest BCUT2D eigenvalue weighted by atomic mass is 9.87. The average molecular weight is 242 g/mol.